The van der Waals surface area contributed by atoms with Crippen molar-refractivity contribution in [1.82, 2.24) is 9.80 Å². The molecule has 0 unspecified atom stereocenters. The largest absolute Gasteiger partial charge is 0.497 e. The summed E-state index contributed by atoms with van der Waals surface area (Å²) in [5.41, 5.74) is 8.55. The summed E-state index contributed by atoms with van der Waals surface area (Å²) in [5.74, 6) is 0.155. The molecule has 2 atom stereocenters. The van der Waals surface area contributed by atoms with Crippen molar-refractivity contribution in [2.24, 2.45) is 5.73 Å². The maximum atomic E-state index is 13.5. The summed E-state index contributed by atoms with van der Waals surface area (Å²) in [5, 5.41) is 0. The number of esters is 1. The maximum absolute atomic E-state index is 13.5. The highest BCUT2D eigenvalue weighted by atomic mass is 16.5. The van der Waals surface area contributed by atoms with E-state index >= 15 is 0 Å². The van der Waals surface area contributed by atoms with Crippen molar-refractivity contribution in [2.75, 3.05) is 27.3 Å². The molecular formula is C36H49N3O6. The number of amides is 2. The number of Topliss-reactive ketones (excluding diaryl/α,β-unsaturated/α-hetero) is 1. The lowest BCUT2D eigenvalue weighted by Gasteiger charge is -2.35. The van der Waals surface area contributed by atoms with Crippen LogP contribution in [0, 0.1) is 0 Å². The summed E-state index contributed by atoms with van der Waals surface area (Å²) in [6.45, 7) is 7.21. The Kier molecular flexibility index (Phi) is 13.8. The molecule has 2 aromatic carbocycles. The third-order valence-electron chi connectivity index (χ3n) is 8.66. The van der Waals surface area contributed by atoms with Gasteiger partial charge in [-0.05, 0) is 80.7 Å². The van der Waals surface area contributed by atoms with Crippen molar-refractivity contribution >= 4 is 23.6 Å². The zero-order valence-electron chi connectivity index (χ0n) is 27.1. The lowest BCUT2D eigenvalue weighted by molar-refractivity contribution is -0.144. The number of carbonyl (C=O) groups is 4. The molecule has 3 rings (SSSR count). The third kappa shape index (κ3) is 10.3. The molecule has 2 amide bonds. The van der Waals surface area contributed by atoms with Gasteiger partial charge in [-0.2, -0.15) is 0 Å². The molecule has 0 saturated carbocycles. The van der Waals surface area contributed by atoms with Gasteiger partial charge in [-0.25, -0.2) is 0 Å². The van der Waals surface area contributed by atoms with Crippen LogP contribution in [0.5, 0.6) is 5.75 Å². The topological polar surface area (TPSA) is 119 Å². The van der Waals surface area contributed by atoms with E-state index in [-0.39, 0.29) is 30.4 Å². The molecular weight excluding hydrogens is 570 g/mol. The predicted octanol–water partition coefficient (Wildman–Crippen LogP) is 4.79. The van der Waals surface area contributed by atoms with Crippen LogP contribution >= 0.6 is 0 Å². The first-order valence-corrected chi connectivity index (χ1v) is 15.9. The van der Waals surface area contributed by atoms with Crippen LogP contribution in [0.3, 0.4) is 0 Å². The number of carbonyl (C=O) groups excluding carboxylic acids is 4. The molecule has 0 spiro atoms. The average Bonchev–Trinajstić information content (AvgIpc) is 3.46. The molecule has 0 radical (unpaired) electrons. The molecule has 0 bridgehead atoms. The van der Waals surface area contributed by atoms with Gasteiger partial charge in [0.25, 0.3) is 0 Å². The fraction of sp³-hybridized carbons (Fsp3) is 0.500. The molecule has 1 aliphatic rings. The van der Waals surface area contributed by atoms with Gasteiger partial charge in [0.05, 0.1) is 32.2 Å². The van der Waals surface area contributed by atoms with Crippen LogP contribution in [0.15, 0.2) is 61.2 Å². The van der Waals surface area contributed by atoms with Gasteiger partial charge in [0.2, 0.25) is 11.8 Å². The molecule has 9 heteroatoms. The van der Waals surface area contributed by atoms with Crippen molar-refractivity contribution in [3.05, 3.63) is 77.9 Å². The van der Waals surface area contributed by atoms with Gasteiger partial charge in [-0.1, -0.05) is 42.5 Å². The number of ether oxygens (including phenoxy) is 2. The molecule has 1 fully saturated rings. The number of ketones is 1. The smallest absolute Gasteiger partial charge is 0.306 e. The van der Waals surface area contributed by atoms with Crippen LogP contribution in [-0.2, 0) is 43.3 Å². The van der Waals surface area contributed by atoms with E-state index in [0.29, 0.717) is 45.3 Å². The number of methoxy groups -OCH3 is 2. The van der Waals surface area contributed by atoms with Gasteiger partial charge < -0.3 is 25.0 Å². The molecule has 2 aromatic rings. The van der Waals surface area contributed by atoms with Gasteiger partial charge in [-0.15, -0.1) is 6.58 Å². The Morgan fingerprint density at radius 3 is 2.29 bits per heavy atom. The summed E-state index contributed by atoms with van der Waals surface area (Å²) >= 11 is 0. The molecule has 0 aromatic heterocycles. The zero-order valence-corrected chi connectivity index (χ0v) is 27.1. The molecule has 2 N–H and O–H groups in total. The van der Waals surface area contributed by atoms with Crippen molar-refractivity contribution < 1.29 is 28.7 Å². The second-order valence-corrected chi connectivity index (χ2v) is 11.9. The van der Waals surface area contributed by atoms with Crippen molar-refractivity contribution in [3.63, 3.8) is 0 Å². The van der Waals surface area contributed by atoms with E-state index in [0.717, 1.165) is 48.1 Å². The number of likely N-dealkylation sites (tertiary alicyclic amines) is 1. The van der Waals surface area contributed by atoms with E-state index in [1.165, 1.54) is 7.11 Å². The molecule has 0 aliphatic carbocycles. The lowest BCUT2D eigenvalue weighted by Crippen LogP contribution is -2.55. The number of aryl methyl sites for hydroxylation is 1. The highest BCUT2D eigenvalue weighted by Gasteiger charge is 2.45. The Hall–Kier alpha value is -3.98. The first-order valence-electron chi connectivity index (χ1n) is 15.9. The number of allylic oxidation sites excluding steroid dienone is 1. The Morgan fingerprint density at radius 2 is 1.64 bits per heavy atom. The maximum Gasteiger partial charge on any atom is 0.306 e. The predicted molar refractivity (Wildman–Crippen MR) is 175 cm³/mol. The van der Waals surface area contributed by atoms with E-state index in [9.17, 15) is 19.2 Å². The first-order chi connectivity index (χ1) is 21.6. The zero-order chi connectivity index (χ0) is 32.8. The monoisotopic (exact) mass is 619 g/mol. The van der Waals surface area contributed by atoms with E-state index < -0.39 is 17.6 Å². The van der Waals surface area contributed by atoms with Crippen molar-refractivity contribution in [1.29, 1.82) is 0 Å². The number of rotatable bonds is 18. The van der Waals surface area contributed by atoms with Gasteiger partial charge >= 0.3 is 5.97 Å². The minimum Gasteiger partial charge on any atom is -0.497 e. The van der Waals surface area contributed by atoms with E-state index in [1.807, 2.05) is 61.5 Å². The minimum atomic E-state index is -0.839. The Morgan fingerprint density at radius 1 is 0.978 bits per heavy atom. The van der Waals surface area contributed by atoms with Crippen LogP contribution in [-0.4, -0.2) is 72.3 Å². The van der Waals surface area contributed by atoms with Crippen molar-refractivity contribution in [3.8, 4) is 5.75 Å². The Bertz CT molecular complexity index is 1290. The first kappa shape index (κ1) is 35.5. The third-order valence-corrected chi connectivity index (χ3v) is 8.66. The summed E-state index contributed by atoms with van der Waals surface area (Å²) < 4.78 is 9.88. The molecule has 45 heavy (non-hydrogen) atoms. The molecule has 1 aliphatic heterocycles. The standard InChI is InChI=1S/C36H49N3O6/c1-5-6-7-23-38(33(41)20-21-34(42)45-4)26-29-14-12-27(13-15-29)10-8-11-32(40)36(2)22-9-24-39(36)35(43)31(37)25-28-16-18-30(44-3)19-17-28/h5,12-19,31H,1,6-11,20-26,37H2,2-4H3/t31-,36-/m0/s1. The lowest BCUT2D eigenvalue weighted by atomic mass is 9.88. The highest BCUT2D eigenvalue weighted by molar-refractivity contribution is 5.94. The number of benzene rings is 2. The van der Waals surface area contributed by atoms with Gasteiger partial charge in [0, 0.05) is 32.5 Å². The average molecular weight is 620 g/mol. The van der Waals surface area contributed by atoms with Gasteiger partial charge in [-0.3, -0.25) is 19.2 Å². The Balaban J connectivity index is 1.52. The van der Waals surface area contributed by atoms with E-state index in [2.05, 4.69) is 11.3 Å². The van der Waals surface area contributed by atoms with E-state index in [4.69, 9.17) is 10.5 Å². The summed E-state index contributed by atoms with van der Waals surface area (Å²) in [4.78, 5) is 54.6. The van der Waals surface area contributed by atoms with E-state index in [1.54, 1.807) is 16.9 Å². The number of hydrogen-bond donors (Lipinski definition) is 1. The van der Waals surface area contributed by atoms with Crippen molar-refractivity contribution in [2.45, 2.75) is 89.3 Å². The van der Waals surface area contributed by atoms with Crippen LogP contribution in [0.25, 0.3) is 0 Å². The molecule has 9 nitrogen and oxygen atoms in total. The number of unbranched alkanes of at least 4 members (excludes halogenated alkanes) is 1. The minimum absolute atomic E-state index is 0.0619. The van der Waals surface area contributed by atoms with Crippen LogP contribution in [0.1, 0.15) is 75.0 Å². The van der Waals surface area contributed by atoms with Gasteiger partial charge in [0.1, 0.15) is 5.75 Å². The van der Waals surface area contributed by atoms with Crippen LogP contribution in [0.2, 0.25) is 0 Å². The summed E-state index contributed by atoms with van der Waals surface area (Å²) in [7, 11) is 2.93. The van der Waals surface area contributed by atoms with Gasteiger partial charge in [0.15, 0.2) is 5.78 Å². The normalized spacial score (nSPS) is 16.6. The number of nitrogens with zero attached hydrogens (tertiary/aromatic N) is 2. The molecule has 244 valence electrons. The highest BCUT2D eigenvalue weighted by Crippen LogP contribution is 2.32. The van der Waals surface area contributed by atoms with Crippen LogP contribution < -0.4 is 10.5 Å². The fourth-order valence-electron chi connectivity index (χ4n) is 5.85. The Labute approximate surface area is 267 Å². The fourth-order valence-corrected chi connectivity index (χ4v) is 5.85. The summed E-state index contributed by atoms with van der Waals surface area (Å²) in [6.07, 6.45) is 7.21. The molecule has 1 heterocycles. The molecule has 1 saturated heterocycles. The summed E-state index contributed by atoms with van der Waals surface area (Å²) in [6, 6.07) is 14.9. The quantitative estimate of drug-likeness (QED) is 0.145. The SMILES string of the molecule is C=CCCCN(Cc1ccc(CCCC(=O)[C@]2(C)CCCN2C(=O)[C@@H](N)Cc2ccc(OC)cc2)cc1)C(=O)CCC(=O)OC. The second kappa shape index (κ2) is 17.5. The second-order valence-electron chi connectivity index (χ2n) is 11.9. The number of nitrogens with two attached hydrogens (primary N) is 1. The number of hydrogen-bond acceptors (Lipinski definition) is 7. The van der Waals surface area contributed by atoms with Crippen LogP contribution in [0.4, 0.5) is 0 Å².